The fraction of sp³-hybridized carbons (Fsp3) is 0.318. The first-order valence-electron chi connectivity index (χ1n) is 9.78. The van der Waals surface area contributed by atoms with E-state index in [0.29, 0.717) is 17.2 Å². The molecule has 3 aromatic rings. The summed E-state index contributed by atoms with van der Waals surface area (Å²) >= 11 is 5.33. The van der Waals surface area contributed by atoms with Gasteiger partial charge in [0.25, 0.3) is 0 Å². The summed E-state index contributed by atoms with van der Waals surface area (Å²) in [7, 11) is 0. The fourth-order valence-corrected chi connectivity index (χ4v) is 3.31. The zero-order valence-electron chi connectivity index (χ0n) is 16.7. The van der Waals surface area contributed by atoms with Crippen LogP contribution in [-0.2, 0) is 17.8 Å². The average Bonchev–Trinajstić information content (AvgIpc) is 3.08. The molecule has 0 fully saturated rings. The lowest BCUT2D eigenvalue weighted by molar-refractivity contribution is -0.122. The molecule has 1 aromatic heterocycles. The largest absolute Gasteiger partial charge is 0.494 e. The van der Waals surface area contributed by atoms with E-state index in [1.165, 1.54) is 5.56 Å². The molecule has 1 atom stereocenters. The molecule has 1 amide bonds. The summed E-state index contributed by atoms with van der Waals surface area (Å²) in [5, 5.41) is 10.1. The normalized spacial score (nSPS) is 11.8. The smallest absolute Gasteiger partial charge is 0.240 e. The average molecular weight is 411 g/mol. The van der Waals surface area contributed by atoms with Gasteiger partial charge in [-0.15, -0.1) is 0 Å². The molecular weight excluding hydrogens is 384 g/mol. The Hall–Kier alpha value is -2.93. The second-order valence-electron chi connectivity index (χ2n) is 6.89. The Morgan fingerprint density at radius 2 is 1.93 bits per heavy atom. The zero-order chi connectivity index (χ0) is 20.6. The molecule has 2 aromatic carbocycles. The Labute approximate surface area is 175 Å². The van der Waals surface area contributed by atoms with Gasteiger partial charge in [-0.3, -0.25) is 14.5 Å². The number of aromatic amines is 1. The Morgan fingerprint density at radius 1 is 1.21 bits per heavy atom. The molecule has 1 unspecified atom stereocenters. The Bertz CT molecular complexity index is 980. The molecule has 0 aliphatic carbocycles. The van der Waals surface area contributed by atoms with Gasteiger partial charge in [-0.1, -0.05) is 30.3 Å². The number of hydrogen-bond acceptors (Lipinski definition) is 4. The summed E-state index contributed by atoms with van der Waals surface area (Å²) in [5.41, 5.74) is 2.13. The van der Waals surface area contributed by atoms with Gasteiger partial charge in [0, 0.05) is 11.6 Å². The van der Waals surface area contributed by atoms with Gasteiger partial charge in [0.15, 0.2) is 10.6 Å². The minimum absolute atomic E-state index is 0.0673. The number of nitrogens with one attached hydrogen (secondary N) is 2. The molecule has 0 aliphatic heterocycles. The maximum Gasteiger partial charge on any atom is 0.240 e. The van der Waals surface area contributed by atoms with Crippen LogP contribution < -0.4 is 10.1 Å². The highest BCUT2D eigenvalue weighted by Crippen LogP contribution is 2.21. The molecule has 2 N–H and O–H groups in total. The van der Waals surface area contributed by atoms with Crippen molar-refractivity contribution in [2.24, 2.45) is 0 Å². The highest BCUT2D eigenvalue weighted by atomic mass is 32.1. The molecule has 0 spiro atoms. The lowest BCUT2D eigenvalue weighted by atomic mass is 10.1. The first-order chi connectivity index (χ1) is 14.1. The molecule has 0 bridgehead atoms. The van der Waals surface area contributed by atoms with Crippen LogP contribution in [0.5, 0.6) is 5.75 Å². The van der Waals surface area contributed by atoms with Crippen molar-refractivity contribution in [2.75, 3.05) is 6.61 Å². The molecule has 1 heterocycles. The van der Waals surface area contributed by atoms with Crippen molar-refractivity contribution < 1.29 is 9.53 Å². The second kappa shape index (κ2) is 10.0. The van der Waals surface area contributed by atoms with Gasteiger partial charge in [0.05, 0.1) is 6.61 Å². The highest BCUT2D eigenvalue weighted by Gasteiger charge is 2.14. The third kappa shape index (κ3) is 5.77. The van der Waals surface area contributed by atoms with Crippen LogP contribution in [0.3, 0.4) is 0 Å². The van der Waals surface area contributed by atoms with E-state index in [1.54, 1.807) is 4.57 Å². The van der Waals surface area contributed by atoms with Crippen molar-refractivity contribution in [3.8, 4) is 17.1 Å². The molecule has 29 heavy (non-hydrogen) atoms. The number of nitrogens with zero attached hydrogens (tertiary/aromatic N) is 2. The summed E-state index contributed by atoms with van der Waals surface area (Å²) in [5.74, 6) is 1.34. The van der Waals surface area contributed by atoms with Gasteiger partial charge in [-0.2, -0.15) is 5.10 Å². The molecule has 152 valence electrons. The van der Waals surface area contributed by atoms with E-state index < -0.39 is 0 Å². The maximum absolute atomic E-state index is 12.6. The summed E-state index contributed by atoms with van der Waals surface area (Å²) < 4.78 is 7.61. The zero-order valence-corrected chi connectivity index (χ0v) is 17.5. The first kappa shape index (κ1) is 20.8. The standard InChI is InChI=1S/C22H26N4O2S/c1-3-28-19-13-11-18(12-14-19)21-24-25-22(29)26(21)15-20(27)23-16(2)9-10-17-7-5-4-6-8-17/h4-8,11-14,16H,3,9-10,15H2,1-2H3,(H,23,27)(H,25,29). The van der Waals surface area contributed by atoms with Crippen LogP contribution in [0, 0.1) is 4.77 Å². The van der Waals surface area contributed by atoms with Crippen molar-refractivity contribution in [1.29, 1.82) is 0 Å². The fourth-order valence-electron chi connectivity index (χ4n) is 3.12. The van der Waals surface area contributed by atoms with Gasteiger partial charge in [-0.05, 0) is 68.7 Å². The van der Waals surface area contributed by atoms with Crippen molar-refractivity contribution in [3.63, 3.8) is 0 Å². The summed E-state index contributed by atoms with van der Waals surface area (Å²) in [6, 6.07) is 17.9. The predicted octanol–water partition coefficient (Wildman–Crippen LogP) is 4.14. The van der Waals surface area contributed by atoms with Crippen molar-refractivity contribution in [3.05, 3.63) is 64.9 Å². The van der Waals surface area contributed by atoms with Crippen LogP contribution in [0.15, 0.2) is 54.6 Å². The maximum atomic E-state index is 12.6. The van der Waals surface area contributed by atoms with E-state index in [2.05, 4.69) is 27.6 Å². The number of hydrogen-bond donors (Lipinski definition) is 2. The van der Waals surface area contributed by atoms with Gasteiger partial charge in [0.2, 0.25) is 5.91 Å². The summed E-state index contributed by atoms with van der Waals surface area (Å²) in [4.78, 5) is 12.6. The molecule has 7 heteroatoms. The van der Waals surface area contributed by atoms with Crippen LogP contribution in [0.2, 0.25) is 0 Å². The number of aromatic nitrogens is 3. The molecular formula is C22H26N4O2S. The lowest BCUT2D eigenvalue weighted by Gasteiger charge is -2.15. The number of ether oxygens (including phenoxy) is 1. The van der Waals surface area contributed by atoms with Crippen molar-refractivity contribution in [1.82, 2.24) is 20.1 Å². The monoisotopic (exact) mass is 410 g/mol. The first-order valence-corrected chi connectivity index (χ1v) is 10.2. The van der Waals surface area contributed by atoms with Gasteiger partial charge in [-0.25, -0.2) is 0 Å². The van der Waals surface area contributed by atoms with Crippen LogP contribution in [0.1, 0.15) is 25.8 Å². The Balaban J connectivity index is 1.61. The molecule has 0 radical (unpaired) electrons. The highest BCUT2D eigenvalue weighted by molar-refractivity contribution is 7.71. The minimum atomic E-state index is -0.0877. The van der Waals surface area contributed by atoms with Crippen LogP contribution in [-0.4, -0.2) is 33.3 Å². The van der Waals surface area contributed by atoms with E-state index in [1.807, 2.05) is 56.3 Å². The van der Waals surface area contributed by atoms with E-state index in [-0.39, 0.29) is 18.5 Å². The quantitative estimate of drug-likeness (QED) is 0.520. The van der Waals surface area contributed by atoms with Crippen molar-refractivity contribution >= 4 is 18.1 Å². The Kier molecular flexibility index (Phi) is 7.19. The molecule has 3 rings (SSSR count). The summed E-state index contributed by atoms with van der Waals surface area (Å²) in [6.07, 6.45) is 1.79. The van der Waals surface area contributed by atoms with Gasteiger partial charge in [0.1, 0.15) is 12.3 Å². The number of amides is 1. The second-order valence-corrected chi connectivity index (χ2v) is 7.28. The van der Waals surface area contributed by atoms with Crippen LogP contribution >= 0.6 is 12.2 Å². The third-order valence-corrected chi connectivity index (χ3v) is 4.91. The van der Waals surface area contributed by atoms with E-state index in [4.69, 9.17) is 17.0 Å². The van der Waals surface area contributed by atoms with E-state index in [0.717, 1.165) is 24.2 Å². The number of rotatable bonds is 9. The van der Waals surface area contributed by atoms with Crippen molar-refractivity contribution in [2.45, 2.75) is 39.3 Å². The number of carbonyl (C=O) groups is 1. The lowest BCUT2D eigenvalue weighted by Crippen LogP contribution is -2.35. The van der Waals surface area contributed by atoms with E-state index >= 15 is 0 Å². The van der Waals surface area contributed by atoms with Crippen LogP contribution in [0.4, 0.5) is 0 Å². The van der Waals surface area contributed by atoms with E-state index in [9.17, 15) is 4.79 Å². The summed E-state index contributed by atoms with van der Waals surface area (Å²) in [6.45, 7) is 4.69. The number of carbonyl (C=O) groups excluding carboxylic acids is 1. The molecule has 6 nitrogen and oxygen atoms in total. The number of aryl methyl sites for hydroxylation is 1. The third-order valence-electron chi connectivity index (χ3n) is 4.60. The van der Waals surface area contributed by atoms with Gasteiger partial charge >= 0.3 is 0 Å². The number of benzene rings is 2. The van der Waals surface area contributed by atoms with Crippen LogP contribution in [0.25, 0.3) is 11.4 Å². The number of H-pyrrole nitrogens is 1. The Morgan fingerprint density at radius 3 is 2.62 bits per heavy atom. The minimum Gasteiger partial charge on any atom is -0.494 e. The molecule has 0 saturated heterocycles. The SMILES string of the molecule is CCOc1ccc(-c2n[nH]c(=S)n2CC(=O)NC(C)CCc2ccccc2)cc1. The molecule has 0 saturated carbocycles. The topological polar surface area (TPSA) is 71.9 Å². The predicted molar refractivity (Wildman–Crippen MR) is 116 cm³/mol. The molecule has 0 aliphatic rings. The van der Waals surface area contributed by atoms with Gasteiger partial charge < -0.3 is 10.1 Å².